The third kappa shape index (κ3) is 3.38. The van der Waals surface area contributed by atoms with Crippen molar-refractivity contribution in [2.75, 3.05) is 12.4 Å². The Balaban J connectivity index is 2.18. The van der Waals surface area contributed by atoms with Crippen molar-refractivity contribution in [3.8, 4) is 11.8 Å². The van der Waals surface area contributed by atoms with Crippen molar-refractivity contribution in [3.63, 3.8) is 0 Å². The molecule has 0 aromatic heterocycles. The second kappa shape index (κ2) is 6.55. The Labute approximate surface area is 123 Å². The van der Waals surface area contributed by atoms with Crippen LogP contribution in [-0.4, -0.2) is 13.0 Å². The zero-order chi connectivity index (χ0) is 15.2. The molecule has 0 saturated carbocycles. The molecule has 1 amide bonds. The number of carbonyl (C=O) groups is 1. The smallest absolute Gasteiger partial charge is 0.245 e. The van der Waals surface area contributed by atoms with Gasteiger partial charge in [-0.25, -0.2) is 0 Å². The van der Waals surface area contributed by atoms with E-state index in [1.54, 1.807) is 30.3 Å². The molecule has 0 aliphatic carbocycles. The predicted molar refractivity (Wildman–Crippen MR) is 79.7 cm³/mol. The molecule has 106 valence electrons. The van der Waals surface area contributed by atoms with E-state index in [0.717, 1.165) is 5.56 Å². The quantitative estimate of drug-likeness (QED) is 0.899. The molecule has 5 heteroatoms. The van der Waals surface area contributed by atoms with Crippen LogP contribution in [-0.2, 0) is 4.79 Å². The normalized spacial score (nSPS) is 11.3. The van der Waals surface area contributed by atoms with Gasteiger partial charge in [0.25, 0.3) is 0 Å². The van der Waals surface area contributed by atoms with Crippen molar-refractivity contribution in [1.82, 2.24) is 0 Å². The van der Waals surface area contributed by atoms with Gasteiger partial charge < -0.3 is 15.8 Å². The van der Waals surface area contributed by atoms with Crippen LogP contribution in [0.3, 0.4) is 0 Å². The minimum atomic E-state index is -0.772. The highest BCUT2D eigenvalue weighted by Gasteiger charge is 2.17. The van der Waals surface area contributed by atoms with Gasteiger partial charge in [0.2, 0.25) is 5.91 Å². The molecule has 0 fully saturated rings. The Morgan fingerprint density at radius 1 is 1.29 bits per heavy atom. The lowest BCUT2D eigenvalue weighted by atomic mass is 10.1. The number of hydrogen-bond acceptors (Lipinski definition) is 4. The van der Waals surface area contributed by atoms with Gasteiger partial charge in [-0.2, -0.15) is 5.26 Å². The molecule has 0 bridgehead atoms. The van der Waals surface area contributed by atoms with E-state index in [0.29, 0.717) is 17.0 Å². The van der Waals surface area contributed by atoms with Gasteiger partial charge in [0.15, 0.2) is 0 Å². The summed E-state index contributed by atoms with van der Waals surface area (Å²) in [5.74, 6) is 0.0758. The number of benzene rings is 2. The molecule has 5 nitrogen and oxygen atoms in total. The predicted octanol–water partition coefficient (Wildman–Crippen LogP) is 2.21. The van der Waals surface area contributed by atoms with Gasteiger partial charge in [-0.1, -0.05) is 30.3 Å². The van der Waals surface area contributed by atoms with Crippen LogP contribution in [0.25, 0.3) is 0 Å². The Bertz CT molecular complexity index is 678. The molecule has 0 heterocycles. The maximum atomic E-state index is 12.2. The van der Waals surface area contributed by atoms with Gasteiger partial charge in [0, 0.05) is 6.07 Å². The monoisotopic (exact) mass is 281 g/mol. The number of nitriles is 1. The number of hydrogen-bond donors (Lipinski definition) is 2. The Kier molecular flexibility index (Phi) is 4.54. The number of anilines is 1. The first-order chi connectivity index (χ1) is 10.2. The van der Waals surface area contributed by atoms with Gasteiger partial charge in [-0.3, -0.25) is 4.79 Å². The molecule has 2 aromatic carbocycles. The van der Waals surface area contributed by atoms with Crippen LogP contribution >= 0.6 is 0 Å². The van der Waals surface area contributed by atoms with E-state index in [4.69, 9.17) is 15.7 Å². The van der Waals surface area contributed by atoms with Crippen LogP contribution in [0.4, 0.5) is 5.69 Å². The fourth-order valence-electron chi connectivity index (χ4n) is 1.89. The first-order valence-corrected chi connectivity index (χ1v) is 6.35. The molecule has 0 aliphatic rings. The standard InChI is InChI=1S/C16H15N3O2/c1-21-14-9-11(10-17)7-8-13(14)19-16(20)15(18)12-5-3-2-4-6-12/h2-9,15H,18H2,1H3,(H,19,20)/t15-/m1/s1. The minimum Gasteiger partial charge on any atom is -0.495 e. The number of methoxy groups -OCH3 is 1. The highest BCUT2D eigenvalue weighted by atomic mass is 16.5. The summed E-state index contributed by atoms with van der Waals surface area (Å²) in [5, 5.41) is 11.6. The van der Waals surface area contributed by atoms with Gasteiger partial charge in [-0.15, -0.1) is 0 Å². The molecule has 2 rings (SSSR count). The molecule has 2 aromatic rings. The maximum absolute atomic E-state index is 12.2. The largest absolute Gasteiger partial charge is 0.495 e. The molecule has 0 spiro atoms. The first kappa shape index (κ1) is 14.6. The number of carbonyl (C=O) groups excluding carboxylic acids is 1. The summed E-state index contributed by atoms with van der Waals surface area (Å²) in [4.78, 5) is 12.2. The zero-order valence-corrected chi connectivity index (χ0v) is 11.5. The van der Waals surface area contributed by atoms with Crippen LogP contribution < -0.4 is 15.8 Å². The Morgan fingerprint density at radius 2 is 2.00 bits per heavy atom. The van der Waals surface area contributed by atoms with Crippen molar-refractivity contribution >= 4 is 11.6 Å². The van der Waals surface area contributed by atoms with E-state index in [2.05, 4.69) is 5.32 Å². The fourth-order valence-corrected chi connectivity index (χ4v) is 1.89. The van der Waals surface area contributed by atoms with Crippen LogP contribution in [0.1, 0.15) is 17.2 Å². The average molecular weight is 281 g/mol. The van der Waals surface area contributed by atoms with Gasteiger partial charge in [0.05, 0.1) is 24.4 Å². The van der Waals surface area contributed by atoms with Crippen LogP contribution in [0, 0.1) is 11.3 Å². The molecular formula is C16H15N3O2. The SMILES string of the molecule is COc1cc(C#N)ccc1NC(=O)[C@H](N)c1ccccc1. The van der Waals surface area contributed by atoms with Gasteiger partial charge in [-0.05, 0) is 17.7 Å². The van der Waals surface area contributed by atoms with Crippen molar-refractivity contribution in [2.24, 2.45) is 5.73 Å². The molecular weight excluding hydrogens is 266 g/mol. The van der Waals surface area contributed by atoms with Gasteiger partial charge >= 0.3 is 0 Å². The number of nitrogens with two attached hydrogens (primary N) is 1. The second-order valence-electron chi connectivity index (χ2n) is 4.40. The summed E-state index contributed by atoms with van der Waals surface area (Å²) in [6.45, 7) is 0. The summed E-state index contributed by atoms with van der Waals surface area (Å²) in [6.07, 6.45) is 0. The van der Waals surface area contributed by atoms with E-state index in [1.165, 1.54) is 7.11 Å². The molecule has 0 aliphatic heterocycles. The molecule has 21 heavy (non-hydrogen) atoms. The van der Waals surface area contributed by atoms with Crippen LogP contribution in [0.15, 0.2) is 48.5 Å². The summed E-state index contributed by atoms with van der Waals surface area (Å²) in [7, 11) is 1.48. The topological polar surface area (TPSA) is 88.1 Å². The minimum absolute atomic E-state index is 0.343. The average Bonchev–Trinajstić information content (AvgIpc) is 2.55. The van der Waals surface area contributed by atoms with Crippen molar-refractivity contribution in [3.05, 3.63) is 59.7 Å². The number of rotatable bonds is 4. The lowest BCUT2D eigenvalue weighted by Gasteiger charge is -2.14. The number of amides is 1. The van der Waals surface area contributed by atoms with Crippen LogP contribution in [0.5, 0.6) is 5.75 Å². The highest BCUT2D eigenvalue weighted by Crippen LogP contribution is 2.26. The second-order valence-corrected chi connectivity index (χ2v) is 4.40. The number of nitrogens with one attached hydrogen (secondary N) is 1. The Hall–Kier alpha value is -2.84. The maximum Gasteiger partial charge on any atom is 0.245 e. The van der Waals surface area contributed by atoms with E-state index in [-0.39, 0.29) is 5.91 Å². The third-order valence-corrected chi connectivity index (χ3v) is 3.03. The van der Waals surface area contributed by atoms with Crippen molar-refractivity contribution in [2.45, 2.75) is 6.04 Å². The van der Waals surface area contributed by atoms with E-state index >= 15 is 0 Å². The molecule has 3 N–H and O–H groups in total. The zero-order valence-electron chi connectivity index (χ0n) is 11.5. The lowest BCUT2D eigenvalue weighted by molar-refractivity contribution is -0.117. The number of nitrogens with zero attached hydrogens (tertiary/aromatic N) is 1. The fraction of sp³-hybridized carbons (Fsp3) is 0.125. The lowest BCUT2D eigenvalue weighted by Crippen LogP contribution is -2.27. The van der Waals surface area contributed by atoms with E-state index in [1.807, 2.05) is 24.3 Å². The first-order valence-electron chi connectivity index (χ1n) is 6.35. The summed E-state index contributed by atoms with van der Waals surface area (Å²) < 4.78 is 5.17. The van der Waals surface area contributed by atoms with E-state index < -0.39 is 6.04 Å². The van der Waals surface area contributed by atoms with Gasteiger partial charge in [0.1, 0.15) is 11.8 Å². The third-order valence-electron chi connectivity index (χ3n) is 3.03. The molecule has 1 atom stereocenters. The summed E-state index contributed by atoms with van der Waals surface area (Å²) >= 11 is 0. The summed E-state index contributed by atoms with van der Waals surface area (Å²) in [6, 6.07) is 15.1. The van der Waals surface area contributed by atoms with E-state index in [9.17, 15) is 4.79 Å². The summed E-state index contributed by atoms with van der Waals surface area (Å²) in [5.41, 5.74) is 7.59. The highest BCUT2D eigenvalue weighted by molar-refractivity contribution is 5.96. The Morgan fingerprint density at radius 3 is 2.62 bits per heavy atom. The van der Waals surface area contributed by atoms with Crippen LogP contribution in [0.2, 0.25) is 0 Å². The van der Waals surface area contributed by atoms with Crippen molar-refractivity contribution in [1.29, 1.82) is 5.26 Å². The molecule has 0 radical (unpaired) electrons. The number of ether oxygens (including phenoxy) is 1. The van der Waals surface area contributed by atoms with Crippen molar-refractivity contribution < 1.29 is 9.53 Å². The molecule has 0 unspecified atom stereocenters. The molecule has 0 saturated heterocycles.